The van der Waals surface area contributed by atoms with Crippen LogP contribution in [0.25, 0.3) is 0 Å². The Morgan fingerprint density at radius 3 is 2.59 bits per heavy atom. The molecule has 138 valence electrons. The first-order valence-corrected chi connectivity index (χ1v) is 10.9. The first-order chi connectivity index (χ1) is 12.8. The molecule has 1 amide bonds. The molecule has 0 aliphatic carbocycles. The number of thioether (sulfide) groups is 2. The number of likely N-dealkylation sites (N-methyl/N-ethyl adjacent to an activating group) is 1. The number of fused-ring (bicyclic) bond motifs is 1. The molecule has 2 aromatic rings. The summed E-state index contributed by atoms with van der Waals surface area (Å²) in [6.45, 7) is 2.03. The molecule has 2 heterocycles. The number of amidine groups is 1. The number of carbonyl (C=O) groups is 1. The standard InChI is InChI=1S/C19H15BrClN3OS2/c1-10-4-6-13(12(20)8-10)22-19-24(3)17(25)16(27-19)18-23(2)14-9-11(21)5-7-15(14)26-18/h4-9H,1-3H3/b18-16-,22-19?. The number of halogens is 2. The Balaban J connectivity index is 1.71. The number of benzene rings is 2. The fraction of sp³-hybridized carbons (Fsp3) is 0.158. The number of amides is 1. The van der Waals surface area contributed by atoms with E-state index in [0.29, 0.717) is 15.1 Å². The summed E-state index contributed by atoms with van der Waals surface area (Å²) in [5.74, 6) is -0.0461. The van der Waals surface area contributed by atoms with Crippen LogP contribution in [0.5, 0.6) is 0 Å². The molecular weight excluding hydrogens is 466 g/mol. The zero-order chi connectivity index (χ0) is 19.3. The summed E-state index contributed by atoms with van der Waals surface area (Å²) >= 11 is 12.7. The van der Waals surface area contributed by atoms with Crippen LogP contribution in [0, 0.1) is 6.92 Å². The van der Waals surface area contributed by atoms with Crippen molar-refractivity contribution < 1.29 is 4.79 Å². The number of hydrogen-bond donors (Lipinski definition) is 0. The van der Waals surface area contributed by atoms with Crippen molar-refractivity contribution in [1.82, 2.24) is 4.90 Å². The summed E-state index contributed by atoms with van der Waals surface area (Å²) in [4.78, 5) is 23.0. The van der Waals surface area contributed by atoms with Crippen LogP contribution in [-0.4, -0.2) is 30.1 Å². The number of nitrogens with zero attached hydrogens (tertiary/aromatic N) is 3. The summed E-state index contributed by atoms with van der Waals surface area (Å²) in [5, 5.41) is 2.25. The summed E-state index contributed by atoms with van der Waals surface area (Å²) in [6, 6.07) is 11.7. The molecule has 0 unspecified atom stereocenters. The van der Waals surface area contributed by atoms with E-state index in [1.54, 1.807) is 23.7 Å². The number of hydrogen-bond acceptors (Lipinski definition) is 5. The maximum absolute atomic E-state index is 12.9. The molecule has 1 saturated heterocycles. The molecule has 0 bridgehead atoms. The number of anilines is 1. The second kappa shape index (κ2) is 7.20. The molecule has 8 heteroatoms. The number of carbonyl (C=O) groups excluding carboxylic acids is 1. The Bertz CT molecular complexity index is 1040. The van der Waals surface area contributed by atoms with E-state index in [0.717, 1.165) is 31.3 Å². The second-order valence-electron chi connectivity index (χ2n) is 6.22. The number of aliphatic imine (C=N–C) groups is 1. The zero-order valence-corrected chi connectivity index (χ0v) is 18.8. The van der Waals surface area contributed by atoms with E-state index in [2.05, 4.69) is 15.9 Å². The third kappa shape index (κ3) is 3.42. The molecule has 0 aromatic heterocycles. The van der Waals surface area contributed by atoms with Gasteiger partial charge < -0.3 is 4.90 Å². The van der Waals surface area contributed by atoms with E-state index in [1.807, 2.05) is 55.3 Å². The van der Waals surface area contributed by atoms with Crippen molar-refractivity contribution in [3.05, 3.63) is 61.4 Å². The van der Waals surface area contributed by atoms with Gasteiger partial charge in [0.05, 0.1) is 16.4 Å². The molecule has 0 N–H and O–H groups in total. The average Bonchev–Trinajstić information content (AvgIpc) is 3.09. The summed E-state index contributed by atoms with van der Waals surface area (Å²) in [5.41, 5.74) is 2.96. The Morgan fingerprint density at radius 1 is 1.07 bits per heavy atom. The Hall–Kier alpha value is -1.41. The first kappa shape index (κ1) is 18.9. The molecule has 4 rings (SSSR count). The molecule has 1 fully saturated rings. The van der Waals surface area contributed by atoms with Crippen LogP contribution in [0.15, 0.2) is 60.7 Å². The number of rotatable bonds is 1. The van der Waals surface area contributed by atoms with Gasteiger partial charge in [0, 0.05) is 28.5 Å². The van der Waals surface area contributed by atoms with Gasteiger partial charge in [-0.1, -0.05) is 29.4 Å². The molecule has 2 aromatic carbocycles. The summed E-state index contributed by atoms with van der Waals surface area (Å²) < 4.78 is 0.909. The van der Waals surface area contributed by atoms with E-state index < -0.39 is 0 Å². The van der Waals surface area contributed by atoms with Gasteiger partial charge in [-0.3, -0.25) is 9.69 Å². The van der Waals surface area contributed by atoms with Gasteiger partial charge in [-0.25, -0.2) is 4.99 Å². The predicted molar refractivity (Wildman–Crippen MR) is 119 cm³/mol. The monoisotopic (exact) mass is 479 g/mol. The largest absolute Gasteiger partial charge is 0.337 e. The van der Waals surface area contributed by atoms with Crippen molar-refractivity contribution in [2.24, 2.45) is 4.99 Å². The maximum Gasteiger partial charge on any atom is 0.269 e. The topological polar surface area (TPSA) is 35.9 Å². The van der Waals surface area contributed by atoms with Crippen molar-refractivity contribution in [3.63, 3.8) is 0 Å². The SMILES string of the molecule is Cc1ccc(N=C2S/C(=C3\Sc4ccc(Cl)cc4N3C)C(=O)N2C)c(Br)c1. The first-order valence-electron chi connectivity index (χ1n) is 8.11. The molecule has 0 saturated carbocycles. The molecule has 0 radical (unpaired) electrons. The highest BCUT2D eigenvalue weighted by Gasteiger charge is 2.37. The third-order valence-corrected chi connectivity index (χ3v) is 7.64. The fourth-order valence-corrected chi connectivity index (χ4v) is 5.85. The quantitative estimate of drug-likeness (QED) is 0.468. The summed E-state index contributed by atoms with van der Waals surface area (Å²) in [7, 11) is 3.71. The lowest BCUT2D eigenvalue weighted by atomic mass is 10.2. The highest BCUT2D eigenvalue weighted by Crippen LogP contribution is 2.50. The van der Waals surface area contributed by atoms with E-state index in [9.17, 15) is 4.79 Å². The van der Waals surface area contributed by atoms with E-state index in [-0.39, 0.29) is 5.91 Å². The smallest absolute Gasteiger partial charge is 0.269 e. The Kier molecular flexibility index (Phi) is 5.05. The lowest BCUT2D eigenvalue weighted by Gasteiger charge is -2.14. The van der Waals surface area contributed by atoms with Crippen LogP contribution in [-0.2, 0) is 4.79 Å². The normalized spacial score (nSPS) is 20.8. The minimum absolute atomic E-state index is 0.0461. The van der Waals surface area contributed by atoms with Crippen LogP contribution in [0.2, 0.25) is 5.02 Å². The van der Waals surface area contributed by atoms with Crippen molar-refractivity contribution in [2.75, 3.05) is 19.0 Å². The second-order valence-corrected chi connectivity index (χ2v) is 9.52. The van der Waals surface area contributed by atoms with Crippen LogP contribution in [0.4, 0.5) is 11.4 Å². The lowest BCUT2D eigenvalue weighted by molar-refractivity contribution is -0.121. The van der Waals surface area contributed by atoms with Crippen molar-refractivity contribution in [2.45, 2.75) is 11.8 Å². The molecule has 27 heavy (non-hydrogen) atoms. The predicted octanol–water partition coefficient (Wildman–Crippen LogP) is 6.01. The third-order valence-electron chi connectivity index (χ3n) is 4.29. The van der Waals surface area contributed by atoms with Crippen molar-refractivity contribution in [3.8, 4) is 0 Å². The maximum atomic E-state index is 12.9. The zero-order valence-electron chi connectivity index (χ0n) is 14.8. The van der Waals surface area contributed by atoms with Gasteiger partial charge in [0.1, 0.15) is 4.91 Å². The van der Waals surface area contributed by atoms with Crippen molar-refractivity contribution >= 4 is 73.5 Å². The average molecular weight is 481 g/mol. The van der Waals surface area contributed by atoms with Gasteiger partial charge in [0.25, 0.3) is 5.91 Å². The highest BCUT2D eigenvalue weighted by molar-refractivity contribution is 9.10. The van der Waals surface area contributed by atoms with Gasteiger partial charge in [-0.05, 0) is 70.5 Å². The van der Waals surface area contributed by atoms with E-state index >= 15 is 0 Å². The Labute approximate surface area is 179 Å². The van der Waals surface area contributed by atoms with Gasteiger partial charge in [-0.2, -0.15) is 0 Å². The summed E-state index contributed by atoms with van der Waals surface area (Å²) in [6.07, 6.45) is 0. The van der Waals surface area contributed by atoms with Crippen LogP contribution >= 0.6 is 51.1 Å². The van der Waals surface area contributed by atoms with Crippen LogP contribution in [0.3, 0.4) is 0 Å². The van der Waals surface area contributed by atoms with Crippen molar-refractivity contribution in [1.29, 1.82) is 0 Å². The van der Waals surface area contributed by atoms with Gasteiger partial charge in [0.15, 0.2) is 5.17 Å². The van der Waals surface area contributed by atoms with Gasteiger partial charge in [0.2, 0.25) is 0 Å². The minimum atomic E-state index is -0.0461. The minimum Gasteiger partial charge on any atom is -0.337 e. The molecule has 2 aliphatic heterocycles. The molecule has 0 spiro atoms. The van der Waals surface area contributed by atoms with Gasteiger partial charge in [-0.15, -0.1) is 0 Å². The molecule has 2 aliphatic rings. The van der Waals surface area contributed by atoms with E-state index in [1.165, 1.54) is 11.8 Å². The van der Waals surface area contributed by atoms with Crippen LogP contribution < -0.4 is 4.90 Å². The van der Waals surface area contributed by atoms with Crippen LogP contribution in [0.1, 0.15) is 5.56 Å². The fourth-order valence-electron chi connectivity index (χ4n) is 2.80. The van der Waals surface area contributed by atoms with E-state index in [4.69, 9.17) is 16.6 Å². The molecular formula is C19H15BrClN3OS2. The molecule has 0 atom stereocenters. The Morgan fingerprint density at radius 2 is 1.85 bits per heavy atom. The number of aryl methyl sites for hydroxylation is 1. The molecule has 4 nitrogen and oxygen atoms in total. The van der Waals surface area contributed by atoms with Gasteiger partial charge >= 0.3 is 0 Å². The highest BCUT2D eigenvalue weighted by atomic mass is 79.9. The lowest BCUT2D eigenvalue weighted by Crippen LogP contribution is -2.24.